The van der Waals surface area contributed by atoms with Gasteiger partial charge in [-0.3, -0.25) is 4.79 Å². The summed E-state index contributed by atoms with van der Waals surface area (Å²) in [4.78, 5) is 18.7. The predicted octanol–water partition coefficient (Wildman–Crippen LogP) is 4.53. The van der Waals surface area contributed by atoms with Crippen molar-refractivity contribution in [3.63, 3.8) is 0 Å². The van der Waals surface area contributed by atoms with E-state index in [2.05, 4.69) is 4.98 Å². The molecule has 7 heteroatoms. The zero-order chi connectivity index (χ0) is 20.2. The van der Waals surface area contributed by atoms with Crippen molar-refractivity contribution in [2.45, 2.75) is 18.2 Å². The largest absolute Gasteiger partial charge is 0.338 e. The van der Waals surface area contributed by atoms with Crippen LogP contribution in [0.2, 0.25) is 0 Å². The van der Waals surface area contributed by atoms with E-state index in [-0.39, 0.29) is 11.2 Å². The molecule has 0 spiro atoms. The molecule has 1 aromatic heterocycles. The molecule has 0 bridgehead atoms. The summed E-state index contributed by atoms with van der Waals surface area (Å²) >= 11 is 1.57. The van der Waals surface area contributed by atoms with E-state index in [4.69, 9.17) is 0 Å². The van der Waals surface area contributed by atoms with Crippen molar-refractivity contribution in [3.8, 4) is 0 Å². The molecule has 0 aliphatic carbocycles. The third-order valence-corrected chi connectivity index (χ3v) is 6.37. The molecule has 150 valence electrons. The third kappa shape index (κ3) is 4.67. The number of carbonyl (C=O) groups is 1. The normalized spacial score (nSPS) is 17.2. The fourth-order valence-electron chi connectivity index (χ4n) is 3.51. The summed E-state index contributed by atoms with van der Waals surface area (Å²) in [5.41, 5.74) is 2.11. The number of nitrogens with zero attached hydrogens (tertiary/aromatic N) is 3. The first kappa shape index (κ1) is 19.6. The van der Waals surface area contributed by atoms with Crippen molar-refractivity contribution in [1.82, 2.24) is 14.5 Å². The molecule has 29 heavy (non-hydrogen) atoms. The minimum atomic E-state index is -0.435. The summed E-state index contributed by atoms with van der Waals surface area (Å²) in [6.45, 7) is 1.81. The molecule has 0 saturated carbocycles. The van der Waals surface area contributed by atoms with Crippen molar-refractivity contribution >= 4 is 17.7 Å². The average Bonchev–Trinajstić information content (AvgIpc) is 3.12. The maximum absolute atomic E-state index is 14.1. The Bertz CT molecular complexity index is 976. The molecule has 0 N–H and O–H groups in total. The second-order valence-electron chi connectivity index (χ2n) is 7.04. The monoisotopic (exact) mass is 413 g/mol. The number of carbonyl (C=O) groups excluding carboxylic acids is 1. The summed E-state index contributed by atoms with van der Waals surface area (Å²) < 4.78 is 29.6. The lowest BCUT2D eigenvalue weighted by atomic mass is 10.1. The molecule has 2 heterocycles. The molecule has 4 rings (SSSR count). The molecule has 1 atom stereocenters. The Balaban J connectivity index is 1.41. The van der Waals surface area contributed by atoms with Crippen molar-refractivity contribution < 1.29 is 13.6 Å². The number of halogens is 2. The van der Waals surface area contributed by atoms with Gasteiger partial charge in [0.05, 0.1) is 6.33 Å². The summed E-state index contributed by atoms with van der Waals surface area (Å²) in [5, 5.41) is -0.152. The number of amides is 1. The standard InChI is InChI=1S/C22H21F2N3OS/c23-18-5-6-20(24)19(13-18)21-7-9-27(11-12-29-21)22(28)17-3-1-16(2-4-17)14-26-10-8-25-15-26/h1-6,8,10,13,15,21H,7,9,11-12,14H2. The van der Waals surface area contributed by atoms with Gasteiger partial charge in [0.25, 0.3) is 5.91 Å². The summed E-state index contributed by atoms with van der Waals surface area (Å²) in [6, 6.07) is 11.2. The Kier molecular flexibility index (Phi) is 5.94. The van der Waals surface area contributed by atoms with Crippen LogP contribution in [0.5, 0.6) is 0 Å². The smallest absolute Gasteiger partial charge is 0.253 e. The summed E-state index contributed by atoms with van der Waals surface area (Å²) in [5.74, 6) is -0.169. The highest BCUT2D eigenvalue weighted by molar-refractivity contribution is 7.99. The van der Waals surface area contributed by atoms with Crippen molar-refractivity contribution in [1.29, 1.82) is 0 Å². The van der Waals surface area contributed by atoms with Crippen molar-refractivity contribution in [2.24, 2.45) is 0 Å². The zero-order valence-corrected chi connectivity index (χ0v) is 16.6. The number of hydrogen-bond acceptors (Lipinski definition) is 3. The van der Waals surface area contributed by atoms with Crippen LogP contribution in [0.1, 0.15) is 33.2 Å². The van der Waals surface area contributed by atoms with Gasteiger partial charge >= 0.3 is 0 Å². The number of hydrogen-bond donors (Lipinski definition) is 0. The number of aromatic nitrogens is 2. The zero-order valence-electron chi connectivity index (χ0n) is 15.8. The van der Waals surface area contributed by atoms with Crippen molar-refractivity contribution in [3.05, 3.63) is 89.5 Å². The molecule has 1 amide bonds. The first-order valence-electron chi connectivity index (χ1n) is 9.50. The minimum absolute atomic E-state index is 0.0276. The highest BCUT2D eigenvalue weighted by atomic mass is 32.2. The van der Waals surface area contributed by atoms with Gasteiger partial charge in [0, 0.05) is 54.2 Å². The molecule has 1 fully saturated rings. The molecule has 1 aliphatic heterocycles. The molecule has 1 unspecified atom stereocenters. The van der Waals surface area contributed by atoms with Crippen LogP contribution in [0.4, 0.5) is 8.78 Å². The summed E-state index contributed by atoms with van der Waals surface area (Å²) in [6.07, 6.45) is 5.98. The second-order valence-corrected chi connectivity index (χ2v) is 8.35. The first-order valence-corrected chi connectivity index (χ1v) is 10.6. The first-order chi connectivity index (χ1) is 14.1. The van der Waals surface area contributed by atoms with Gasteiger partial charge in [-0.05, 0) is 42.3 Å². The molecular formula is C22H21F2N3OS. The maximum Gasteiger partial charge on any atom is 0.253 e. The Morgan fingerprint density at radius 2 is 1.97 bits per heavy atom. The SMILES string of the molecule is O=C(c1ccc(Cn2ccnc2)cc1)N1CCSC(c2cc(F)ccc2F)CC1. The number of rotatable bonds is 4. The van der Waals surface area contributed by atoms with Gasteiger partial charge in [0.15, 0.2) is 0 Å². The van der Waals surface area contributed by atoms with Crippen LogP contribution in [0, 0.1) is 11.6 Å². The highest BCUT2D eigenvalue weighted by Crippen LogP contribution is 2.36. The Morgan fingerprint density at radius 3 is 2.72 bits per heavy atom. The summed E-state index contributed by atoms with van der Waals surface area (Å²) in [7, 11) is 0. The molecule has 2 aromatic carbocycles. The van der Waals surface area contributed by atoms with Gasteiger partial charge in [-0.2, -0.15) is 11.8 Å². The van der Waals surface area contributed by atoms with Gasteiger partial charge in [0.2, 0.25) is 0 Å². The van der Waals surface area contributed by atoms with Crippen LogP contribution in [0.3, 0.4) is 0 Å². The molecule has 1 saturated heterocycles. The van der Waals surface area contributed by atoms with Gasteiger partial charge in [-0.1, -0.05) is 12.1 Å². The second kappa shape index (κ2) is 8.78. The van der Waals surface area contributed by atoms with Crippen molar-refractivity contribution in [2.75, 3.05) is 18.8 Å². The molecular weight excluding hydrogens is 392 g/mol. The topological polar surface area (TPSA) is 38.1 Å². The molecule has 3 aromatic rings. The van der Waals surface area contributed by atoms with E-state index < -0.39 is 11.6 Å². The van der Waals surface area contributed by atoms with Crippen LogP contribution in [-0.2, 0) is 6.54 Å². The number of imidazole rings is 1. The number of benzene rings is 2. The van der Waals surface area contributed by atoms with Gasteiger partial charge < -0.3 is 9.47 Å². The fourth-order valence-corrected chi connectivity index (χ4v) is 4.75. The van der Waals surface area contributed by atoms with E-state index in [9.17, 15) is 13.6 Å². The van der Waals surface area contributed by atoms with E-state index in [1.165, 1.54) is 12.1 Å². The van der Waals surface area contributed by atoms with E-state index in [0.29, 0.717) is 42.9 Å². The fraction of sp³-hybridized carbons (Fsp3) is 0.273. The van der Waals surface area contributed by atoms with Crippen LogP contribution >= 0.6 is 11.8 Å². The van der Waals surface area contributed by atoms with E-state index in [1.54, 1.807) is 29.2 Å². The Labute approximate surface area is 172 Å². The van der Waals surface area contributed by atoms with E-state index in [1.807, 2.05) is 35.0 Å². The van der Waals surface area contributed by atoms with Crippen LogP contribution in [-0.4, -0.2) is 39.2 Å². The lowest BCUT2D eigenvalue weighted by Gasteiger charge is -2.20. The Morgan fingerprint density at radius 1 is 1.14 bits per heavy atom. The number of thioether (sulfide) groups is 1. The lowest BCUT2D eigenvalue weighted by molar-refractivity contribution is 0.0766. The third-order valence-electron chi connectivity index (χ3n) is 5.06. The van der Waals surface area contributed by atoms with E-state index in [0.717, 1.165) is 11.6 Å². The van der Waals surface area contributed by atoms with Gasteiger partial charge in [-0.25, -0.2) is 13.8 Å². The van der Waals surface area contributed by atoms with Crippen LogP contribution < -0.4 is 0 Å². The van der Waals surface area contributed by atoms with Crippen LogP contribution in [0.25, 0.3) is 0 Å². The molecule has 4 nitrogen and oxygen atoms in total. The highest BCUT2D eigenvalue weighted by Gasteiger charge is 2.25. The quantitative estimate of drug-likeness (QED) is 0.631. The predicted molar refractivity (Wildman–Crippen MR) is 110 cm³/mol. The maximum atomic E-state index is 14.1. The minimum Gasteiger partial charge on any atom is -0.338 e. The Hall–Kier alpha value is -2.67. The van der Waals surface area contributed by atoms with E-state index >= 15 is 0 Å². The average molecular weight is 413 g/mol. The van der Waals surface area contributed by atoms with Crippen LogP contribution in [0.15, 0.2) is 61.2 Å². The molecule has 1 aliphatic rings. The lowest BCUT2D eigenvalue weighted by Crippen LogP contribution is -2.33. The van der Waals surface area contributed by atoms with Gasteiger partial charge in [-0.15, -0.1) is 0 Å². The molecule has 0 radical (unpaired) electrons. The van der Waals surface area contributed by atoms with Gasteiger partial charge in [0.1, 0.15) is 11.6 Å².